The van der Waals surface area contributed by atoms with Crippen LogP contribution in [0, 0.1) is 0 Å². The molecule has 0 saturated carbocycles. The highest BCUT2D eigenvalue weighted by Gasteiger charge is 1.99. The molecule has 2 unspecified atom stereocenters. The highest BCUT2D eigenvalue weighted by atomic mass is 16.5. The third kappa shape index (κ3) is 10.2. The average Bonchev–Trinajstić information content (AvgIpc) is 2.26. The fourth-order valence-corrected chi connectivity index (χ4v) is 0.984. The van der Waals surface area contributed by atoms with Crippen LogP contribution in [-0.2, 0) is 9.47 Å². The first-order valence-corrected chi connectivity index (χ1v) is 6.07. The van der Waals surface area contributed by atoms with Gasteiger partial charge in [0.25, 0.3) is 0 Å². The van der Waals surface area contributed by atoms with E-state index in [0.717, 1.165) is 39.1 Å². The fraction of sp³-hybridized carbons (Fsp3) is 1.00. The lowest BCUT2D eigenvalue weighted by molar-refractivity contribution is 0.0538. The van der Waals surface area contributed by atoms with Crippen LogP contribution in [0.25, 0.3) is 0 Å². The summed E-state index contributed by atoms with van der Waals surface area (Å²) in [5.74, 6) is 0. The lowest BCUT2D eigenvalue weighted by atomic mass is 10.3. The first kappa shape index (κ1) is 14.9. The van der Waals surface area contributed by atoms with E-state index in [1.807, 2.05) is 0 Å². The lowest BCUT2D eigenvalue weighted by Crippen LogP contribution is -2.21. The number of rotatable bonds is 10. The van der Waals surface area contributed by atoms with Crippen LogP contribution in [0.2, 0.25) is 0 Å². The van der Waals surface area contributed by atoms with Crippen molar-refractivity contribution in [2.24, 2.45) is 0 Å². The Morgan fingerprint density at radius 3 is 1.60 bits per heavy atom. The predicted octanol–water partition coefficient (Wildman–Crippen LogP) is 2.22. The van der Waals surface area contributed by atoms with E-state index < -0.39 is 0 Å². The number of hydrogen-bond acceptors (Lipinski definition) is 2. The van der Waals surface area contributed by atoms with Crippen LogP contribution in [0.3, 0.4) is 0 Å². The van der Waals surface area contributed by atoms with Crippen molar-refractivity contribution in [1.29, 1.82) is 0 Å². The molecule has 0 aromatic heterocycles. The van der Waals surface area contributed by atoms with Gasteiger partial charge in [0.2, 0.25) is 0 Å². The minimum Gasteiger partial charge on any atom is -0.377 e. The molecule has 0 aliphatic carbocycles. The van der Waals surface area contributed by atoms with Crippen LogP contribution in [-0.4, -0.2) is 38.5 Å². The van der Waals surface area contributed by atoms with E-state index in [1.54, 1.807) is 0 Å². The molecule has 0 aromatic rings. The molecule has 3 heteroatoms. The third-order valence-electron chi connectivity index (χ3n) is 2.45. The molecular weight excluding hydrogens is 190 g/mol. The van der Waals surface area contributed by atoms with Gasteiger partial charge in [-0.15, -0.1) is 0 Å². The maximum atomic E-state index is 5.51. The van der Waals surface area contributed by atoms with Gasteiger partial charge < -0.3 is 9.47 Å². The van der Waals surface area contributed by atoms with Crippen LogP contribution in [0.1, 0.15) is 40.5 Å². The van der Waals surface area contributed by atoms with Gasteiger partial charge in [-0.1, -0.05) is 13.8 Å². The van der Waals surface area contributed by atoms with Crippen molar-refractivity contribution in [1.82, 2.24) is 5.32 Å². The molecule has 0 aliphatic heterocycles. The molecule has 1 radical (unpaired) electrons. The largest absolute Gasteiger partial charge is 0.377 e. The van der Waals surface area contributed by atoms with Crippen LogP contribution < -0.4 is 5.32 Å². The Hall–Kier alpha value is -0.120. The molecule has 0 bridgehead atoms. The van der Waals surface area contributed by atoms with E-state index in [0.29, 0.717) is 12.2 Å². The Labute approximate surface area is 94.5 Å². The second kappa shape index (κ2) is 10.4. The van der Waals surface area contributed by atoms with Gasteiger partial charge in [0, 0.05) is 13.1 Å². The second-order valence-electron chi connectivity index (χ2n) is 3.85. The molecule has 2 atom stereocenters. The summed E-state index contributed by atoms with van der Waals surface area (Å²) < 4.78 is 11.0. The van der Waals surface area contributed by atoms with Crippen LogP contribution in [0.15, 0.2) is 0 Å². The quantitative estimate of drug-likeness (QED) is 0.525. The van der Waals surface area contributed by atoms with Gasteiger partial charge in [0.05, 0.1) is 25.4 Å². The predicted molar refractivity (Wildman–Crippen MR) is 63.3 cm³/mol. The first-order valence-electron chi connectivity index (χ1n) is 6.07. The average molecular weight is 216 g/mol. The molecule has 0 aliphatic rings. The zero-order valence-corrected chi connectivity index (χ0v) is 10.7. The Bertz CT molecular complexity index is 117. The lowest BCUT2D eigenvalue weighted by Gasteiger charge is -2.11. The van der Waals surface area contributed by atoms with Crippen molar-refractivity contribution >= 4 is 0 Å². The van der Waals surface area contributed by atoms with Gasteiger partial charge >= 0.3 is 0 Å². The topological polar surface area (TPSA) is 32.6 Å². The molecule has 91 valence electrons. The maximum Gasteiger partial charge on any atom is 0.0611 e. The minimum atomic E-state index is 0.358. The summed E-state index contributed by atoms with van der Waals surface area (Å²) in [7, 11) is 0. The molecule has 0 rings (SSSR count). The van der Waals surface area contributed by atoms with Crippen molar-refractivity contribution in [2.45, 2.75) is 52.7 Å². The van der Waals surface area contributed by atoms with E-state index in [-0.39, 0.29) is 0 Å². The first-order chi connectivity index (χ1) is 7.20. The van der Waals surface area contributed by atoms with E-state index >= 15 is 0 Å². The molecule has 0 amide bonds. The minimum absolute atomic E-state index is 0.358. The van der Waals surface area contributed by atoms with Gasteiger partial charge in [-0.05, 0) is 26.7 Å². The SMILES string of the molecule is CCC(C)OCC[N]CCOC(C)CC. The Morgan fingerprint density at radius 2 is 1.27 bits per heavy atom. The van der Waals surface area contributed by atoms with Gasteiger partial charge in [-0.3, -0.25) is 0 Å². The van der Waals surface area contributed by atoms with E-state index in [9.17, 15) is 0 Å². The molecule has 0 spiro atoms. The Morgan fingerprint density at radius 1 is 0.867 bits per heavy atom. The summed E-state index contributed by atoms with van der Waals surface area (Å²) in [6.07, 6.45) is 2.85. The van der Waals surface area contributed by atoms with Crippen LogP contribution in [0.4, 0.5) is 0 Å². The van der Waals surface area contributed by atoms with Gasteiger partial charge in [-0.25, -0.2) is 5.32 Å². The van der Waals surface area contributed by atoms with Crippen LogP contribution in [0.5, 0.6) is 0 Å². The monoisotopic (exact) mass is 216 g/mol. The summed E-state index contributed by atoms with van der Waals surface area (Å²) in [6, 6.07) is 0. The standard InChI is InChI=1S/C12H26NO2/c1-5-11(3)14-9-7-13-8-10-15-12(4)6-2/h11-12H,5-10H2,1-4H3. The van der Waals surface area contributed by atoms with Gasteiger partial charge in [-0.2, -0.15) is 0 Å². The third-order valence-corrected chi connectivity index (χ3v) is 2.45. The number of nitrogens with zero attached hydrogens (tertiary/aromatic N) is 1. The number of ether oxygens (including phenoxy) is 2. The zero-order chi connectivity index (χ0) is 11.5. The molecule has 0 heterocycles. The van der Waals surface area contributed by atoms with Crippen molar-refractivity contribution < 1.29 is 9.47 Å². The van der Waals surface area contributed by atoms with Crippen molar-refractivity contribution in [3.8, 4) is 0 Å². The van der Waals surface area contributed by atoms with E-state index in [2.05, 4.69) is 33.0 Å². The second-order valence-corrected chi connectivity index (χ2v) is 3.85. The maximum absolute atomic E-state index is 5.51. The highest BCUT2D eigenvalue weighted by molar-refractivity contribution is 4.50. The van der Waals surface area contributed by atoms with Crippen molar-refractivity contribution in [2.75, 3.05) is 26.3 Å². The van der Waals surface area contributed by atoms with Crippen molar-refractivity contribution in [3.05, 3.63) is 0 Å². The van der Waals surface area contributed by atoms with Crippen molar-refractivity contribution in [3.63, 3.8) is 0 Å². The molecule has 3 nitrogen and oxygen atoms in total. The summed E-state index contributed by atoms with van der Waals surface area (Å²) in [5, 5.41) is 4.33. The molecular formula is C12H26NO2. The molecule has 0 aromatic carbocycles. The Balaban J connectivity index is 3.05. The van der Waals surface area contributed by atoms with Gasteiger partial charge in [0.1, 0.15) is 0 Å². The molecule has 0 N–H and O–H groups in total. The number of hydrogen-bond donors (Lipinski definition) is 0. The smallest absolute Gasteiger partial charge is 0.0611 e. The molecule has 0 fully saturated rings. The zero-order valence-electron chi connectivity index (χ0n) is 10.7. The Kier molecular flexibility index (Phi) is 10.3. The normalized spacial score (nSPS) is 15.2. The van der Waals surface area contributed by atoms with Gasteiger partial charge in [0.15, 0.2) is 0 Å². The summed E-state index contributed by atoms with van der Waals surface area (Å²) >= 11 is 0. The van der Waals surface area contributed by atoms with E-state index in [4.69, 9.17) is 9.47 Å². The fourth-order valence-electron chi connectivity index (χ4n) is 0.984. The van der Waals surface area contributed by atoms with Crippen LogP contribution >= 0.6 is 0 Å². The summed E-state index contributed by atoms with van der Waals surface area (Å²) in [4.78, 5) is 0. The summed E-state index contributed by atoms with van der Waals surface area (Å²) in [6.45, 7) is 11.5. The molecule has 15 heavy (non-hydrogen) atoms. The van der Waals surface area contributed by atoms with E-state index in [1.165, 1.54) is 0 Å². The molecule has 0 saturated heterocycles. The summed E-state index contributed by atoms with van der Waals surface area (Å²) in [5.41, 5.74) is 0. The highest BCUT2D eigenvalue weighted by Crippen LogP contribution is 1.95.